The Bertz CT molecular complexity index is 332. The fourth-order valence-corrected chi connectivity index (χ4v) is 0.912. The number of nitrogens with one attached hydrogen (secondary N) is 1. The van der Waals surface area contributed by atoms with E-state index >= 15 is 0 Å². The van der Waals surface area contributed by atoms with Crippen molar-refractivity contribution in [3.8, 4) is 5.75 Å². The van der Waals surface area contributed by atoms with Gasteiger partial charge in [-0.25, -0.2) is 0 Å². The third-order valence-electron chi connectivity index (χ3n) is 1.30. The zero-order chi connectivity index (χ0) is 10.6. The van der Waals surface area contributed by atoms with Gasteiger partial charge in [0, 0.05) is 19.9 Å². The summed E-state index contributed by atoms with van der Waals surface area (Å²) in [6.07, 6.45) is 2.86. The highest BCUT2D eigenvalue weighted by Crippen LogP contribution is 2.15. The van der Waals surface area contributed by atoms with E-state index in [1.54, 1.807) is 0 Å². The van der Waals surface area contributed by atoms with Crippen LogP contribution in [0.15, 0.2) is 18.5 Å². The van der Waals surface area contributed by atoms with Gasteiger partial charge >= 0.3 is 5.97 Å². The van der Waals surface area contributed by atoms with E-state index in [1.165, 1.54) is 32.3 Å². The maximum atomic E-state index is 10.7. The van der Waals surface area contributed by atoms with Crippen molar-refractivity contribution < 1.29 is 14.3 Å². The fraction of sp³-hybridized carbons (Fsp3) is 0.222. The monoisotopic (exact) mass is 194 g/mol. The van der Waals surface area contributed by atoms with Crippen LogP contribution in [0.5, 0.6) is 5.75 Å². The second-order valence-corrected chi connectivity index (χ2v) is 2.68. The fourth-order valence-electron chi connectivity index (χ4n) is 0.912. The highest BCUT2D eigenvalue weighted by atomic mass is 16.5. The van der Waals surface area contributed by atoms with Crippen LogP contribution in [0.1, 0.15) is 13.8 Å². The summed E-state index contributed by atoms with van der Waals surface area (Å²) >= 11 is 0. The molecule has 5 nitrogen and oxygen atoms in total. The number of pyridine rings is 1. The first-order chi connectivity index (χ1) is 6.58. The van der Waals surface area contributed by atoms with Gasteiger partial charge in [-0.2, -0.15) is 0 Å². The minimum absolute atomic E-state index is 0.202. The van der Waals surface area contributed by atoms with Crippen LogP contribution in [0, 0.1) is 0 Å². The first-order valence-electron chi connectivity index (χ1n) is 3.99. The highest BCUT2D eigenvalue weighted by Gasteiger charge is 2.01. The van der Waals surface area contributed by atoms with Gasteiger partial charge in [0.2, 0.25) is 5.91 Å². The molecule has 1 amide bonds. The second kappa shape index (κ2) is 4.36. The van der Waals surface area contributed by atoms with Crippen LogP contribution < -0.4 is 10.1 Å². The molecule has 0 bridgehead atoms. The van der Waals surface area contributed by atoms with Crippen molar-refractivity contribution in [2.24, 2.45) is 0 Å². The number of hydrogen-bond acceptors (Lipinski definition) is 4. The van der Waals surface area contributed by atoms with E-state index in [1.807, 2.05) is 0 Å². The average molecular weight is 194 g/mol. The van der Waals surface area contributed by atoms with Crippen molar-refractivity contribution in [3.63, 3.8) is 0 Å². The molecule has 1 aromatic heterocycles. The van der Waals surface area contributed by atoms with Gasteiger partial charge in [0.15, 0.2) is 5.75 Å². The van der Waals surface area contributed by atoms with E-state index in [0.717, 1.165) is 0 Å². The van der Waals surface area contributed by atoms with Crippen molar-refractivity contribution >= 4 is 17.6 Å². The number of carbonyl (C=O) groups excluding carboxylic acids is 2. The molecular weight excluding hydrogens is 184 g/mol. The minimum atomic E-state index is -0.424. The molecule has 74 valence electrons. The van der Waals surface area contributed by atoms with Crippen LogP contribution in [-0.2, 0) is 9.59 Å². The number of ether oxygens (including phenoxy) is 1. The van der Waals surface area contributed by atoms with E-state index in [9.17, 15) is 9.59 Å². The van der Waals surface area contributed by atoms with E-state index < -0.39 is 5.97 Å². The minimum Gasteiger partial charge on any atom is -0.425 e. The summed E-state index contributed by atoms with van der Waals surface area (Å²) in [5, 5.41) is 2.53. The maximum absolute atomic E-state index is 10.7. The van der Waals surface area contributed by atoms with Gasteiger partial charge in [-0.15, -0.1) is 0 Å². The Morgan fingerprint density at radius 2 is 2.07 bits per heavy atom. The number of aromatic nitrogens is 1. The predicted octanol–water partition coefficient (Wildman–Crippen LogP) is 0.965. The van der Waals surface area contributed by atoms with Crippen molar-refractivity contribution in [3.05, 3.63) is 18.5 Å². The van der Waals surface area contributed by atoms with Crippen LogP contribution in [0.3, 0.4) is 0 Å². The number of rotatable bonds is 2. The number of nitrogens with zero attached hydrogens (tertiary/aromatic N) is 1. The molecule has 0 aliphatic heterocycles. The van der Waals surface area contributed by atoms with Crippen molar-refractivity contribution in [1.29, 1.82) is 0 Å². The second-order valence-electron chi connectivity index (χ2n) is 2.68. The van der Waals surface area contributed by atoms with Crippen molar-refractivity contribution in [1.82, 2.24) is 4.98 Å². The third-order valence-corrected chi connectivity index (χ3v) is 1.30. The van der Waals surface area contributed by atoms with Gasteiger partial charge in [-0.3, -0.25) is 14.6 Å². The summed E-state index contributed by atoms with van der Waals surface area (Å²) in [4.78, 5) is 25.1. The maximum Gasteiger partial charge on any atom is 0.308 e. The molecule has 0 aliphatic rings. The van der Waals surface area contributed by atoms with E-state index in [0.29, 0.717) is 11.4 Å². The van der Waals surface area contributed by atoms with Crippen LogP contribution >= 0.6 is 0 Å². The van der Waals surface area contributed by atoms with Crippen molar-refractivity contribution in [2.45, 2.75) is 13.8 Å². The molecule has 0 aromatic carbocycles. The van der Waals surface area contributed by atoms with Gasteiger partial charge in [-0.1, -0.05) is 0 Å². The van der Waals surface area contributed by atoms with E-state index in [4.69, 9.17) is 4.74 Å². The number of carbonyl (C=O) groups is 2. The van der Waals surface area contributed by atoms with E-state index in [2.05, 4.69) is 10.3 Å². The molecule has 0 saturated carbocycles. The Morgan fingerprint density at radius 1 is 1.36 bits per heavy atom. The normalized spacial score (nSPS) is 9.29. The Balaban J connectivity index is 2.78. The highest BCUT2D eigenvalue weighted by molar-refractivity contribution is 5.88. The molecular formula is C9H10N2O3. The van der Waals surface area contributed by atoms with Gasteiger partial charge < -0.3 is 10.1 Å². The lowest BCUT2D eigenvalue weighted by Gasteiger charge is -2.03. The zero-order valence-corrected chi connectivity index (χ0v) is 7.90. The molecule has 0 spiro atoms. The van der Waals surface area contributed by atoms with E-state index in [-0.39, 0.29) is 5.91 Å². The summed E-state index contributed by atoms with van der Waals surface area (Å²) in [5.41, 5.74) is 0.497. The largest absolute Gasteiger partial charge is 0.425 e. The predicted molar refractivity (Wildman–Crippen MR) is 49.8 cm³/mol. The Morgan fingerprint density at radius 3 is 2.64 bits per heavy atom. The van der Waals surface area contributed by atoms with Crippen LogP contribution in [0.2, 0.25) is 0 Å². The summed E-state index contributed by atoms with van der Waals surface area (Å²) in [6.45, 7) is 2.68. The molecule has 0 aliphatic carbocycles. The molecule has 0 saturated heterocycles. The summed E-state index contributed by atoms with van der Waals surface area (Å²) in [5.74, 6) is -0.317. The SMILES string of the molecule is CC(=O)Nc1cncc(OC(C)=O)c1. The first-order valence-corrected chi connectivity index (χ1v) is 3.99. The van der Waals surface area contributed by atoms with Gasteiger partial charge in [0.05, 0.1) is 18.1 Å². The van der Waals surface area contributed by atoms with Gasteiger partial charge in [0.25, 0.3) is 0 Å². The number of amides is 1. The van der Waals surface area contributed by atoms with Gasteiger partial charge in [0.1, 0.15) is 0 Å². The standard InChI is InChI=1S/C9H10N2O3/c1-6(12)11-8-3-9(5-10-4-8)14-7(2)13/h3-5H,1-2H3,(H,11,12). The molecule has 1 heterocycles. The molecule has 0 fully saturated rings. The number of anilines is 1. The summed E-state index contributed by atoms with van der Waals surface area (Å²) in [7, 11) is 0. The first kappa shape index (κ1) is 10.2. The zero-order valence-electron chi connectivity index (χ0n) is 7.90. The average Bonchev–Trinajstić information content (AvgIpc) is 2.01. The van der Waals surface area contributed by atoms with Gasteiger partial charge in [-0.05, 0) is 0 Å². The smallest absolute Gasteiger partial charge is 0.308 e. The molecule has 1 rings (SSSR count). The molecule has 1 aromatic rings. The topological polar surface area (TPSA) is 68.3 Å². The summed E-state index contributed by atoms with van der Waals surface area (Å²) < 4.78 is 4.78. The summed E-state index contributed by atoms with van der Waals surface area (Å²) in [6, 6.07) is 1.52. The van der Waals surface area contributed by atoms with Crippen LogP contribution in [0.4, 0.5) is 5.69 Å². The molecule has 0 unspecified atom stereocenters. The Hall–Kier alpha value is -1.91. The quantitative estimate of drug-likeness (QED) is 0.712. The third kappa shape index (κ3) is 3.22. The molecule has 1 N–H and O–H groups in total. The lowest BCUT2D eigenvalue weighted by molar-refractivity contribution is -0.131. The lowest BCUT2D eigenvalue weighted by atomic mass is 10.4. The Labute approximate surface area is 81.1 Å². The molecule has 0 atom stereocenters. The molecule has 0 radical (unpaired) electrons. The van der Waals surface area contributed by atoms with Crippen molar-refractivity contribution in [2.75, 3.05) is 5.32 Å². The lowest BCUT2D eigenvalue weighted by Crippen LogP contribution is -2.07. The molecule has 5 heteroatoms. The molecule has 14 heavy (non-hydrogen) atoms. The van der Waals surface area contributed by atoms with Crippen LogP contribution in [0.25, 0.3) is 0 Å². The Kier molecular flexibility index (Phi) is 3.17. The van der Waals surface area contributed by atoms with Crippen LogP contribution in [-0.4, -0.2) is 16.9 Å². The number of esters is 1. The number of hydrogen-bond donors (Lipinski definition) is 1.